The van der Waals surface area contributed by atoms with Gasteiger partial charge in [-0.2, -0.15) is 5.10 Å². The van der Waals surface area contributed by atoms with Crippen LogP contribution >= 0.6 is 11.6 Å². The Bertz CT molecular complexity index is 535. The molecule has 0 saturated carbocycles. The Morgan fingerprint density at radius 2 is 2.06 bits per heavy atom. The lowest BCUT2D eigenvalue weighted by Crippen LogP contribution is -2.24. The average Bonchev–Trinajstić information content (AvgIpc) is 2.85. The maximum absolute atomic E-state index is 11.4. The topological polar surface area (TPSA) is 66.6 Å². The van der Waals surface area contributed by atoms with Gasteiger partial charge in [-0.1, -0.05) is 11.6 Å². The lowest BCUT2D eigenvalue weighted by molar-refractivity contribution is 0.252. The Morgan fingerprint density at radius 1 is 1.28 bits per heavy atom. The molecule has 92 valence electrons. The van der Waals surface area contributed by atoms with Crippen LogP contribution in [0.25, 0.3) is 0 Å². The summed E-state index contributed by atoms with van der Waals surface area (Å²) in [6, 6.07) is 9.76. The molecule has 6 heteroatoms. The van der Waals surface area contributed by atoms with E-state index in [0.717, 1.165) is 0 Å². The molecule has 0 bridgehead atoms. The van der Waals surface area contributed by atoms with E-state index in [0.29, 0.717) is 16.5 Å². The Kier molecular flexibility index (Phi) is 3.98. The number of hydrazone groups is 1. The van der Waals surface area contributed by atoms with Gasteiger partial charge < -0.3 is 9.73 Å². The predicted octanol–water partition coefficient (Wildman–Crippen LogP) is 3.09. The van der Waals surface area contributed by atoms with Gasteiger partial charge in [0.25, 0.3) is 0 Å². The second kappa shape index (κ2) is 5.88. The van der Waals surface area contributed by atoms with Crippen molar-refractivity contribution in [3.05, 3.63) is 53.4 Å². The third-order valence-electron chi connectivity index (χ3n) is 2.00. The molecule has 0 saturated heterocycles. The third kappa shape index (κ3) is 3.64. The number of carbonyl (C=O) groups excluding carboxylic acids is 1. The van der Waals surface area contributed by atoms with Gasteiger partial charge in [0.1, 0.15) is 5.76 Å². The number of urea groups is 1. The minimum Gasteiger partial charge on any atom is -0.463 e. The smallest absolute Gasteiger partial charge is 0.339 e. The summed E-state index contributed by atoms with van der Waals surface area (Å²) in [5.41, 5.74) is 2.94. The third-order valence-corrected chi connectivity index (χ3v) is 2.26. The first-order valence-corrected chi connectivity index (χ1v) is 5.51. The lowest BCUT2D eigenvalue weighted by Gasteiger charge is -2.03. The molecule has 0 aliphatic heterocycles. The zero-order valence-corrected chi connectivity index (χ0v) is 10.0. The van der Waals surface area contributed by atoms with E-state index < -0.39 is 6.03 Å². The fourth-order valence-electron chi connectivity index (χ4n) is 1.21. The highest BCUT2D eigenvalue weighted by molar-refractivity contribution is 6.30. The van der Waals surface area contributed by atoms with Crippen LogP contribution in [-0.2, 0) is 0 Å². The van der Waals surface area contributed by atoms with Gasteiger partial charge in [-0.05, 0) is 36.4 Å². The second-order valence-electron chi connectivity index (χ2n) is 3.35. The maximum Gasteiger partial charge on any atom is 0.339 e. The summed E-state index contributed by atoms with van der Waals surface area (Å²) < 4.78 is 5.01. The molecular weight excluding hydrogens is 254 g/mol. The molecule has 0 radical (unpaired) electrons. The largest absolute Gasteiger partial charge is 0.463 e. The number of nitrogens with zero attached hydrogens (tertiary/aromatic N) is 1. The van der Waals surface area contributed by atoms with Crippen LogP contribution < -0.4 is 10.7 Å². The van der Waals surface area contributed by atoms with Gasteiger partial charge in [0.05, 0.1) is 12.5 Å². The molecule has 2 aromatic rings. The Hall–Kier alpha value is -2.27. The number of carbonyl (C=O) groups is 1. The minimum absolute atomic E-state index is 0.444. The van der Waals surface area contributed by atoms with Crippen LogP contribution in [0, 0.1) is 0 Å². The minimum atomic E-state index is -0.444. The van der Waals surface area contributed by atoms with Crippen LogP contribution in [0.3, 0.4) is 0 Å². The lowest BCUT2D eigenvalue weighted by atomic mass is 10.3. The highest BCUT2D eigenvalue weighted by Gasteiger charge is 1.99. The van der Waals surface area contributed by atoms with Crippen molar-refractivity contribution in [2.75, 3.05) is 5.32 Å². The molecule has 0 fully saturated rings. The summed E-state index contributed by atoms with van der Waals surface area (Å²) in [7, 11) is 0. The van der Waals surface area contributed by atoms with Gasteiger partial charge in [0, 0.05) is 10.7 Å². The molecule has 2 rings (SSSR count). The number of amides is 2. The van der Waals surface area contributed by atoms with Crippen LogP contribution in [0.5, 0.6) is 0 Å². The van der Waals surface area contributed by atoms with Gasteiger partial charge in [0.15, 0.2) is 0 Å². The molecular formula is C12H10ClN3O2. The van der Waals surface area contributed by atoms with E-state index in [4.69, 9.17) is 16.0 Å². The van der Waals surface area contributed by atoms with E-state index in [9.17, 15) is 4.79 Å². The van der Waals surface area contributed by atoms with E-state index in [1.165, 1.54) is 12.5 Å². The number of rotatable bonds is 3. The quantitative estimate of drug-likeness (QED) is 0.660. The molecule has 0 atom stereocenters. The molecule has 18 heavy (non-hydrogen) atoms. The standard InChI is InChI=1S/C12H10ClN3O2/c13-9-3-5-10(6-4-9)15-12(17)16-14-8-11-2-1-7-18-11/h1-8H,(H2,15,16,17)/b14-8+. The van der Waals surface area contributed by atoms with Crippen molar-refractivity contribution in [1.82, 2.24) is 5.43 Å². The Balaban J connectivity index is 1.84. The number of halogens is 1. The van der Waals surface area contributed by atoms with Crippen LogP contribution in [0.15, 0.2) is 52.2 Å². The first-order chi connectivity index (χ1) is 8.74. The maximum atomic E-state index is 11.4. The number of furan rings is 1. The molecule has 2 N–H and O–H groups in total. The van der Waals surface area contributed by atoms with Crippen molar-refractivity contribution >= 4 is 29.5 Å². The van der Waals surface area contributed by atoms with Crippen molar-refractivity contribution in [3.63, 3.8) is 0 Å². The fraction of sp³-hybridized carbons (Fsp3) is 0. The van der Waals surface area contributed by atoms with Crippen molar-refractivity contribution < 1.29 is 9.21 Å². The van der Waals surface area contributed by atoms with Crippen molar-refractivity contribution in [2.45, 2.75) is 0 Å². The van der Waals surface area contributed by atoms with E-state index >= 15 is 0 Å². The Morgan fingerprint density at radius 3 is 2.72 bits per heavy atom. The van der Waals surface area contributed by atoms with Crippen LogP contribution in [0.2, 0.25) is 5.02 Å². The van der Waals surface area contributed by atoms with Crippen LogP contribution in [0.1, 0.15) is 5.76 Å². The fourth-order valence-corrected chi connectivity index (χ4v) is 1.34. The van der Waals surface area contributed by atoms with E-state index in [1.54, 1.807) is 36.4 Å². The van der Waals surface area contributed by atoms with E-state index in [-0.39, 0.29) is 0 Å². The molecule has 0 spiro atoms. The highest BCUT2D eigenvalue weighted by Crippen LogP contribution is 2.12. The predicted molar refractivity (Wildman–Crippen MR) is 69.9 cm³/mol. The van der Waals surface area contributed by atoms with E-state index in [2.05, 4.69) is 15.8 Å². The number of hydrogen-bond acceptors (Lipinski definition) is 3. The van der Waals surface area contributed by atoms with Gasteiger partial charge >= 0.3 is 6.03 Å². The van der Waals surface area contributed by atoms with Gasteiger partial charge in [0.2, 0.25) is 0 Å². The summed E-state index contributed by atoms with van der Waals surface area (Å²) in [4.78, 5) is 11.4. The second-order valence-corrected chi connectivity index (χ2v) is 3.78. The zero-order chi connectivity index (χ0) is 12.8. The average molecular weight is 264 g/mol. The summed E-state index contributed by atoms with van der Waals surface area (Å²) in [6.07, 6.45) is 2.93. The van der Waals surface area contributed by atoms with Crippen molar-refractivity contribution in [1.29, 1.82) is 0 Å². The van der Waals surface area contributed by atoms with Gasteiger partial charge in [-0.3, -0.25) is 0 Å². The molecule has 0 aliphatic rings. The molecule has 5 nitrogen and oxygen atoms in total. The molecule has 1 aromatic heterocycles. The molecule has 1 aromatic carbocycles. The van der Waals surface area contributed by atoms with Crippen molar-refractivity contribution in [2.24, 2.45) is 5.10 Å². The number of nitrogens with one attached hydrogen (secondary N) is 2. The Labute approximate surface area is 108 Å². The van der Waals surface area contributed by atoms with Crippen molar-refractivity contribution in [3.8, 4) is 0 Å². The summed E-state index contributed by atoms with van der Waals surface area (Å²) in [5, 5.41) is 6.92. The zero-order valence-electron chi connectivity index (χ0n) is 9.26. The SMILES string of the molecule is O=C(N/N=C/c1ccco1)Nc1ccc(Cl)cc1. The molecule has 0 aliphatic carbocycles. The summed E-state index contributed by atoms with van der Waals surface area (Å²) in [5.74, 6) is 0.557. The summed E-state index contributed by atoms with van der Waals surface area (Å²) >= 11 is 5.73. The monoisotopic (exact) mass is 263 g/mol. The molecule has 2 amide bonds. The number of benzene rings is 1. The first kappa shape index (κ1) is 12.2. The van der Waals surface area contributed by atoms with Gasteiger partial charge in [-0.15, -0.1) is 0 Å². The summed E-state index contributed by atoms with van der Waals surface area (Å²) in [6.45, 7) is 0. The van der Waals surface area contributed by atoms with Crippen LogP contribution in [0.4, 0.5) is 10.5 Å². The van der Waals surface area contributed by atoms with Crippen LogP contribution in [-0.4, -0.2) is 12.2 Å². The first-order valence-electron chi connectivity index (χ1n) is 5.13. The normalized spacial score (nSPS) is 10.5. The van der Waals surface area contributed by atoms with Gasteiger partial charge in [-0.25, -0.2) is 10.2 Å². The van der Waals surface area contributed by atoms with E-state index in [1.807, 2.05) is 0 Å². The highest BCUT2D eigenvalue weighted by atomic mass is 35.5. The number of anilines is 1. The molecule has 0 unspecified atom stereocenters. The molecule has 1 heterocycles. The number of hydrogen-bond donors (Lipinski definition) is 2.